The van der Waals surface area contributed by atoms with Gasteiger partial charge < -0.3 is 18.9 Å². The van der Waals surface area contributed by atoms with E-state index in [0.717, 1.165) is 24.2 Å². The van der Waals surface area contributed by atoms with E-state index in [1.807, 2.05) is 30.7 Å². The van der Waals surface area contributed by atoms with Gasteiger partial charge in [-0.05, 0) is 48.6 Å². The van der Waals surface area contributed by atoms with Crippen LogP contribution in [0.4, 0.5) is 5.82 Å². The molecule has 194 valence electrons. The number of hydrogen-bond acceptors (Lipinski definition) is 9. The second kappa shape index (κ2) is 10.2. The first-order chi connectivity index (χ1) is 18.3. The summed E-state index contributed by atoms with van der Waals surface area (Å²) in [6.45, 7) is 0.616. The summed E-state index contributed by atoms with van der Waals surface area (Å²) in [4.78, 5) is 26.0. The quantitative estimate of drug-likeness (QED) is 0.324. The minimum absolute atomic E-state index is 0.00111. The number of ether oxygens (including phenoxy) is 1. The first-order valence-corrected chi connectivity index (χ1v) is 12.7. The Labute approximate surface area is 223 Å². The van der Waals surface area contributed by atoms with E-state index in [1.165, 1.54) is 16.8 Å². The normalized spacial score (nSPS) is 13.6. The van der Waals surface area contributed by atoms with Crippen molar-refractivity contribution in [3.8, 4) is 11.9 Å². The largest absolute Gasteiger partial charge is 0.474 e. The number of anilines is 1. The van der Waals surface area contributed by atoms with E-state index in [9.17, 15) is 9.59 Å². The third-order valence-electron chi connectivity index (χ3n) is 6.40. The van der Waals surface area contributed by atoms with Gasteiger partial charge in [0.05, 0.1) is 22.6 Å². The second-order valence-electron chi connectivity index (χ2n) is 9.28. The van der Waals surface area contributed by atoms with E-state index in [1.54, 1.807) is 47.9 Å². The van der Waals surface area contributed by atoms with Crippen LogP contribution in [0.25, 0.3) is 10.9 Å². The highest BCUT2D eigenvalue weighted by Gasteiger charge is 2.46. The van der Waals surface area contributed by atoms with Crippen molar-refractivity contribution in [2.75, 3.05) is 18.0 Å². The van der Waals surface area contributed by atoms with Gasteiger partial charge in [0.1, 0.15) is 17.7 Å². The van der Waals surface area contributed by atoms with Crippen LogP contribution in [-0.4, -0.2) is 48.9 Å². The standard InChI is InChI=1S/C26H26N8O3S/c1-32-11-8-21(31-32)34(3)38-26(9-10-26)16-37-24-22-19(15-29-30-24)12-20(25(36)33(22)2)23(35)28-14-18-6-4-17(13-27)5-7-18/h4-8,11-12,15H,9-10,14,16H2,1-3H3,(H,28,35). The minimum Gasteiger partial charge on any atom is -0.474 e. The van der Waals surface area contributed by atoms with Crippen LogP contribution in [0.15, 0.2) is 53.6 Å². The average molecular weight is 531 g/mol. The molecule has 1 fully saturated rings. The number of nitrogens with zero attached hydrogens (tertiary/aromatic N) is 7. The van der Waals surface area contributed by atoms with Crippen LogP contribution in [0.2, 0.25) is 0 Å². The molecule has 1 aliphatic rings. The molecule has 0 aliphatic heterocycles. The van der Waals surface area contributed by atoms with Gasteiger partial charge in [-0.3, -0.25) is 14.3 Å². The van der Waals surface area contributed by atoms with Crippen LogP contribution < -0.4 is 19.9 Å². The molecule has 1 N–H and O–H groups in total. The number of pyridine rings is 1. The average Bonchev–Trinajstić information content (AvgIpc) is 3.55. The monoisotopic (exact) mass is 530 g/mol. The van der Waals surface area contributed by atoms with E-state index in [-0.39, 0.29) is 22.7 Å². The summed E-state index contributed by atoms with van der Waals surface area (Å²) in [5, 5.41) is 24.9. The number of benzene rings is 1. The molecule has 1 saturated carbocycles. The number of rotatable bonds is 9. The molecule has 0 bridgehead atoms. The van der Waals surface area contributed by atoms with Crippen molar-refractivity contribution < 1.29 is 9.53 Å². The molecule has 0 spiro atoms. The topological polar surface area (TPSA) is 131 Å². The van der Waals surface area contributed by atoms with Gasteiger partial charge in [-0.15, -0.1) is 5.10 Å². The molecule has 1 aromatic carbocycles. The summed E-state index contributed by atoms with van der Waals surface area (Å²) in [6.07, 6.45) is 5.37. The lowest BCUT2D eigenvalue weighted by molar-refractivity contribution is 0.0949. The summed E-state index contributed by atoms with van der Waals surface area (Å²) >= 11 is 1.67. The molecule has 4 aromatic rings. The predicted octanol–water partition coefficient (Wildman–Crippen LogP) is 2.56. The fourth-order valence-corrected chi connectivity index (χ4v) is 5.23. The fourth-order valence-electron chi connectivity index (χ4n) is 4.06. The van der Waals surface area contributed by atoms with Crippen molar-refractivity contribution in [3.63, 3.8) is 0 Å². The zero-order chi connectivity index (χ0) is 26.9. The van der Waals surface area contributed by atoms with E-state index in [4.69, 9.17) is 10.00 Å². The molecule has 3 heterocycles. The molecule has 0 unspecified atom stereocenters. The lowest BCUT2D eigenvalue weighted by Gasteiger charge is -2.22. The third-order valence-corrected chi connectivity index (χ3v) is 7.78. The van der Waals surface area contributed by atoms with Crippen LogP contribution >= 0.6 is 11.9 Å². The third kappa shape index (κ3) is 5.19. The first-order valence-electron chi connectivity index (χ1n) is 12.0. The lowest BCUT2D eigenvalue weighted by atomic mass is 10.1. The van der Waals surface area contributed by atoms with Gasteiger partial charge in [0.25, 0.3) is 17.3 Å². The zero-order valence-corrected chi connectivity index (χ0v) is 22.0. The van der Waals surface area contributed by atoms with Gasteiger partial charge in [0, 0.05) is 45.3 Å². The van der Waals surface area contributed by atoms with Gasteiger partial charge in [0.2, 0.25) is 0 Å². The number of carbonyl (C=O) groups is 1. The highest BCUT2D eigenvalue weighted by molar-refractivity contribution is 8.02. The number of aromatic nitrogens is 5. The Morgan fingerprint density at radius 2 is 2.03 bits per heavy atom. The van der Waals surface area contributed by atoms with Gasteiger partial charge >= 0.3 is 0 Å². The number of carbonyl (C=O) groups excluding carboxylic acids is 1. The molecule has 0 radical (unpaired) electrons. The molecule has 3 aromatic heterocycles. The second-order valence-corrected chi connectivity index (χ2v) is 10.9. The number of aryl methyl sites for hydroxylation is 2. The summed E-state index contributed by atoms with van der Waals surface area (Å²) in [7, 11) is 5.45. The molecule has 0 atom stereocenters. The zero-order valence-electron chi connectivity index (χ0n) is 21.2. The van der Waals surface area contributed by atoms with Crippen molar-refractivity contribution >= 4 is 34.6 Å². The van der Waals surface area contributed by atoms with Gasteiger partial charge in [-0.1, -0.05) is 12.1 Å². The maximum absolute atomic E-state index is 13.1. The maximum atomic E-state index is 13.1. The highest BCUT2D eigenvalue weighted by atomic mass is 32.2. The SMILES string of the molecule is CN(SC1(COc2nncc3cc(C(=O)NCc4ccc(C#N)cc4)c(=O)n(C)c23)CC1)c1ccn(C)n1. The molecule has 5 rings (SSSR count). The van der Waals surface area contributed by atoms with Crippen molar-refractivity contribution in [1.29, 1.82) is 5.26 Å². The van der Waals surface area contributed by atoms with Crippen molar-refractivity contribution in [2.45, 2.75) is 24.1 Å². The van der Waals surface area contributed by atoms with Crippen molar-refractivity contribution in [3.05, 3.63) is 75.8 Å². The maximum Gasteiger partial charge on any atom is 0.263 e. The Morgan fingerprint density at radius 3 is 2.68 bits per heavy atom. The van der Waals surface area contributed by atoms with Gasteiger partial charge in [-0.25, -0.2) is 0 Å². The molecule has 1 aliphatic carbocycles. The number of nitrogens with one attached hydrogen (secondary N) is 1. The lowest BCUT2D eigenvalue weighted by Crippen LogP contribution is -2.32. The fraction of sp³-hybridized carbons (Fsp3) is 0.308. The van der Waals surface area contributed by atoms with E-state index >= 15 is 0 Å². The van der Waals surface area contributed by atoms with E-state index < -0.39 is 11.5 Å². The van der Waals surface area contributed by atoms with Crippen LogP contribution in [0.3, 0.4) is 0 Å². The first kappa shape index (κ1) is 25.3. The predicted molar refractivity (Wildman–Crippen MR) is 144 cm³/mol. The van der Waals surface area contributed by atoms with Crippen molar-refractivity contribution in [1.82, 2.24) is 29.9 Å². The minimum atomic E-state index is -0.498. The van der Waals surface area contributed by atoms with Crippen LogP contribution in [-0.2, 0) is 20.6 Å². The Bertz CT molecular complexity index is 1600. The number of hydrogen-bond donors (Lipinski definition) is 1. The number of nitriles is 1. The Morgan fingerprint density at radius 1 is 1.26 bits per heavy atom. The molecule has 1 amide bonds. The molecular weight excluding hydrogens is 504 g/mol. The van der Waals surface area contributed by atoms with Crippen LogP contribution in [0.5, 0.6) is 5.88 Å². The Kier molecular flexibility index (Phi) is 6.77. The van der Waals surface area contributed by atoms with Gasteiger partial charge in [-0.2, -0.15) is 15.5 Å². The summed E-state index contributed by atoms with van der Waals surface area (Å²) in [5.74, 6) is 0.613. The smallest absolute Gasteiger partial charge is 0.263 e. The van der Waals surface area contributed by atoms with Crippen LogP contribution in [0.1, 0.15) is 34.3 Å². The molecule has 0 saturated heterocycles. The summed E-state index contributed by atoms with van der Waals surface area (Å²) in [6, 6.07) is 12.4. The van der Waals surface area contributed by atoms with E-state index in [2.05, 4.69) is 26.7 Å². The molecule has 38 heavy (non-hydrogen) atoms. The summed E-state index contributed by atoms with van der Waals surface area (Å²) < 4.78 is 11.2. The van der Waals surface area contributed by atoms with Crippen LogP contribution in [0, 0.1) is 11.3 Å². The number of fused-ring (bicyclic) bond motifs is 1. The Hall–Kier alpha value is -4.37. The Balaban J connectivity index is 1.31. The van der Waals surface area contributed by atoms with E-state index in [0.29, 0.717) is 23.1 Å². The summed E-state index contributed by atoms with van der Waals surface area (Å²) in [5.41, 5.74) is 1.37. The molecule has 11 nitrogen and oxygen atoms in total. The molecule has 12 heteroatoms. The van der Waals surface area contributed by atoms with Crippen molar-refractivity contribution in [2.24, 2.45) is 14.1 Å². The van der Waals surface area contributed by atoms with Gasteiger partial charge in [0.15, 0.2) is 5.82 Å². The molecular formula is C26H26N8O3S. The highest BCUT2D eigenvalue weighted by Crippen LogP contribution is 2.50. The number of amides is 1.